The number of ether oxygens (including phenoxy) is 1. The summed E-state index contributed by atoms with van der Waals surface area (Å²) in [6, 6.07) is 8.59. The number of hydrogen-bond donors (Lipinski definition) is 2. The van der Waals surface area contributed by atoms with Gasteiger partial charge in [-0.15, -0.1) is 0 Å². The first-order valence-corrected chi connectivity index (χ1v) is 6.09. The predicted molar refractivity (Wildman–Crippen MR) is 73.5 cm³/mol. The first kappa shape index (κ1) is 13.4. The topological polar surface area (TPSA) is 78.3 Å². The van der Waals surface area contributed by atoms with E-state index in [4.69, 9.17) is 16.2 Å². The second-order valence-corrected chi connectivity index (χ2v) is 4.71. The van der Waals surface area contributed by atoms with Gasteiger partial charge >= 0.3 is 0 Å². The predicted octanol–water partition coefficient (Wildman–Crippen LogP) is 3.06. The van der Waals surface area contributed by atoms with E-state index in [-0.39, 0.29) is 22.7 Å². The van der Waals surface area contributed by atoms with Gasteiger partial charge in [-0.05, 0) is 36.4 Å². The highest BCUT2D eigenvalue weighted by atomic mass is 79.9. The highest BCUT2D eigenvalue weighted by molar-refractivity contribution is 9.10. The van der Waals surface area contributed by atoms with E-state index in [0.29, 0.717) is 4.47 Å². The molecule has 4 nitrogen and oxygen atoms in total. The van der Waals surface area contributed by atoms with Crippen LogP contribution < -0.4 is 16.2 Å². The molecule has 0 heterocycles. The van der Waals surface area contributed by atoms with E-state index in [2.05, 4.69) is 15.9 Å². The number of halogens is 2. The molecule has 98 valence electrons. The van der Waals surface area contributed by atoms with Crippen LogP contribution in [0.2, 0.25) is 0 Å². The molecule has 2 aromatic rings. The number of nitrogen functional groups attached to an aromatic ring is 1. The molecule has 0 fully saturated rings. The molecule has 0 unspecified atom stereocenters. The van der Waals surface area contributed by atoms with Crippen LogP contribution in [0.4, 0.5) is 10.1 Å². The molecule has 2 aromatic carbocycles. The van der Waals surface area contributed by atoms with Gasteiger partial charge in [0.1, 0.15) is 0 Å². The molecule has 2 rings (SSSR count). The largest absolute Gasteiger partial charge is 0.452 e. The first-order valence-electron chi connectivity index (χ1n) is 5.29. The third-order valence-electron chi connectivity index (χ3n) is 2.41. The molecule has 0 atom stereocenters. The van der Waals surface area contributed by atoms with Crippen LogP contribution in [0.1, 0.15) is 10.4 Å². The van der Waals surface area contributed by atoms with E-state index in [1.54, 1.807) is 6.07 Å². The average molecular weight is 325 g/mol. The second-order valence-electron chi connectivity index (χ2n) is 3.79. The lowest BCUT2D eigenvalue weighted by Crippen LogP contribution is -2.11. The standard InChI is InChI=1S/C13H10BrFN2O2/c14-8-2-3-9(15)11(6-8)19-12-5-7(13(17)18)1-4-10(12)16/h1-6H,16H2,(H2,17,18). The monoisotopic (exact) mass is 324 g/mol. The Labute approximate surface area is 117 Å². The number of rotatable bonds is 3. The molecule has 0 aromatic heterocycles. The number of carbonyl (C=O) groups is 1. The molecule has 19 heavy (non-hydrogen) atoms. The fourth-order valence-electron chi connectivity index (χ4n) is 1.45. The number of hydrogen-bond acceptors (Lipinski definition) is 3. The highest BCUT2D eigenvalue weighted by Crippen LogP contribution is 2.31. The van der Waals surface area contributed by atoms with Crippen LogP contribution in [0, 0.1) is 5.82 Å². The Morgan fingerprint density at radius 2 is 1.89 bits per heavy atom. The van der Waals surface area contributed by atoms with Crippen molar-refractivity contribution >= 4 is 27.5 Å². The molecule has 0 saturated carbocycles. The molecule has 0 radical (unpaired) electrons. The fraction of sp³-hybridized carbons (Fsp3) is 0. The van der Waals surface area contributed by atoms with E-state index < -0.39 is 11.7 Å². The molecular formula is C13H10BrFN2O2. The van der Waals surface area contributed by atoms with E-state index in [1.807, 2.05) is 0 Å². The zero-order valence-electron chi connectivity index (χ0n) is 9.69. The molecule has 0 spiro atoms. The van der Waals surface area contributed by atoms with Crippen molar-refractivity contribution in [1.82, 2.24) is 0 Å². The normalized spacial score (nSPS) is 10.2. The Hall–Kier alpha value is -2.08. The summed E-state index contributed by atoms with van der Waals surface area (Å²) >= 11 is 3.21. The van der Waals surface area contributed by atoms with Crippen LogP contribution >= 0.6 is 15.9 Å². The smallest absolute Gasteiger partial charge is 0.248 e. The molecule has 0 bridgehead atoms. The van der Waals surface area contributed by atoms with Crippen molar-refractivity contribution in [3.63, 3.8) is 0 Å². The maximum atomic E-state index is 13.6. The second kappa shape index (κ2) is 5.27. The lowest BCUT2D eigenvalue weighted by atomic mass is 10.2. The minimum Gasteiger partial charge on any atom is -0.452 e. The zero-order chi connectivity index (χ0) is 14.0. The summed E-state index contributed by atoms with van der Waals surface area (Å²) < 4.78 is 19.6. The average Bonchev–Trinajstić information content (AvgIpc) is 2.36. The van der Waals surface area contributed by atoms with Gasteiger partial charge in [0.05, 0.1) is 5.69 Å². The quantitative estimate of drug-likeness (QED) is 0.851. The van der Waals surface area contributed by atoms with Gasteiger partial charge in [-0.3, -0.25) is 4.79 Å². The maximum Gasteiger partial charge on any atom is 0.248 e. The van der Waals surface area contributed by atoms with Crippen LogP contribution in [-0.2, 0) is 0 Å². The van der Waals surface area contributed by atoms with Crippen molar-refractivity contribution in [2.45, 2.75) is 0 Å². The minimum atomic E-state index is -0.612. The van der Waals surface area contributed by atoms with Gasteiger partial charge in [0.15, 0.2) is 17.3 Å². The van der Waals surface area contributed by atoms with Crippen molar-refractivity contribution in [3.05, 3.63) is 52.3 Å². The SMILES string of the molecule is NC(=O)c1ccc(N)c(Oc2cc(Br)ccc2F)c1. The van der Waals surface area contributed by atoms with Crippen LogP contribution in [0.25, 0.3) is 0 Å². The highest BCUT2D eigenvalue weighted by Gasteiger charge is 2.10. The number of anilines is 1. The Morgan fingerprint density at radius 3 is 2.58 bits per heavy atom. The van der Waals surface area contributed by atoms with E-state index in [1.165, 1.54) is 30.3 Å². The summed E-state index contributed by atoms with van der Waals surface area (Å²) in [5.74, 6) is -0.970. The van der Waals surface area contributed by atoms with Crippen molar-refractivity contribution in [2.24, 2.45) is 5.73 Å². The summed E-state index contributed by atoms with van der Waals surface area (Å²) in [6.07, 6.45) is 0. The summed E-state index contributed by atoms with van der Waals surface area (Å²) in [5.41, 5.74) is 11.4. The summed E-state index contributed by atoms with van der Waals surface area (Å²) in [7, 11) is 0. The van der Waals surface area contributed by atoms with Gasteiger partial charge in [0.25, 0.3) is 0 Å². The Balaban J connectivity index is 2.40. The van der Waals surface area contributed by atoms with Crippen molar-refractivity contribution < 1.29 is 13.9 Å². The third-order valence-corrected chi connectivity index (χ3v) is 2.90. The number of amides is 1. The number of carbonyl (C=O) groups excluding carboxylic acids is 1. The molecule has 0 aliphatic carbocycles. The Morgan fingerprint density at radius 1 is 1.16 bits per heavy atom. The van der Waals surface area contributed by atoms with Crippen LogP contribution in [0.5, 0.6) is 11.5 Å². The maximum absolute atomic E-state index is 13.6. The minimum absolute atomic E-state index is 0.00250. The van der Waals surface area contributed by atoms with Crippen LogP contribution in [0.15, 0.2) is 40.9 Å². The lowest BCUT2D eigenvalue weighted by molar-refractivity contribution is 0.1000. The van der Waals surface area contributed by atoms with E-state index in [0.717, 1.165) is 0 Å². The van der Waals surface area contributed by atoms with Crippen molar-refractivity contribution in [3.8, 4) is 11.5 Å². The Kier molecular flexibility index (Phi) is 3.71. The molecule has 1 amide bonds. The zero-order valence-corrected chi connectivity index (χ0v) is 11.3. The number of benzene rings is 2. The van der Waals surface area contributed by atoms with Gasteiger partial charge in [-0.2, -0.15) is 0 Å². The molecule has 4 N–H and O–H groups in total. The van der Waals surface area contributed by atoms with E-state index in [9.17, 15) is 9.18 Å². The number of nitrogens with two attached hydrogens (primary N) is 2. The fourth-order valence-corrected chi connectivity index (χ4v) is 1.79. The van der Waals surface area contributed by atoms with Gasteiger partial charge in [0.2, 0.25) is 5.91 Å². The summed E-state index contributed by atoms with van der Waals surface area (Å²) in [5, 5.41) is 0. The first-order chi connectivity index (χ1) is 8.97. The summed E-state index contributed by atoms with van der Waals surface area (Å²) in [4.78, 5) is 11.1. The van der Waals surface area contributed by atoms with Crippen LogP contribution in [0.3, 0.4) is 0 Å². The van der Waals surface area contributed by atoms with Gasteiger partial charge in [0, 0.05) is 10.0 Å². The van der Waals surface area contributed by atoms with Crippen molar-refractivity contribution in [2.75, 3.05) is 5.73 Å². The molecule has 0 aliphatic heterocycles. The van der Waals surface area contributed by atoms with Crippen molar-refractivity contribution in [1.29, 1.82) is 0 Å². The number of primary amides is 1. The van der Waals surface area contributed by atoms with E-state index >= 15 is 0 Å². The van der Waals surface area contributed by atoms with Gasteiger partial charge in [-0.1, -0.05) is 15.9 Å². The Bertz CT molecular complexity index is 647. The summed E-state index contributed by atoms with van der Waals surface area (Å²) in [6.45, 7) is 0. The molecular weight excluding hydrogens is 315 g/mol. The third kappa shape index (κ3) is 3.03. The molecule has 6 heteroatoms. The molecule has 0 aliphatic rings. The molecule has 0 saturated heterocycles. The van der Waals surface area contributed by atoms with Crippen LogP contribution in [-0.4, -0.2) is 5.91 Å². The lowest BCUT2D eigenvalue weighted by Gasteiger charge is -2.10. The van der Waals surface area contributed by atoms with Gasteiger partial charge < -0.3 is 16.2 Å². The van der Waals surface area contributed by atoms with Gasteiger partial charge in [-0.25, -0.2) is 4.39 Å².